The van der Waals surface area contributed by atoms with Gasteiger partial charge in [0.1, 0.15) is 45.8 Å². The van der Waals surface area contributed by atoms with Crippen LogP contribution in [0.2, 0.25) is 0 Å². The molecule has 0 aromatic heterocycles. The fraction of sp³-hybridized carbons (Fsp3) is 0.457. The fourth-order valence-corrected chi connectivity index (χ4v) is 7.59. The van der Waals surface area contributed by atoms with Crippen molar-refractivity contribution < 1.29 is 18.3 Å². The van der Waals surface area contributed by atoms with Crippen LogP contribution in [0.15, 0.2) is 84.0 Å². The van der Waals surface area contributed by atoms with Crippen molar-refractivity contribution in [3.63, 3.8) is 0 Å². The zero-order valence-corrected chi connectivity index (χ0v) is 27.1. The highest BCUT2D eigenvalue weighted by molar-refractivity contribution is 7.77. The summed E-state index contributed by atoms with van der Waals surface area (Å²) in [6.07, 6.45) is 2.43. The largest absolute Gasteiger partial charge is 0.457 e. The summed E-state index contributed by atoms with van der Waals surface area (Å²) in [4.78, 5) is 15.9. The Labute approximate surface area is 265 Å². The van der Waals surface area contributed by atoms with Crippen LogP contribution in [0.1, 0.15) is 30.0 Å². The topological polar surface area (TPSA) is 75.1 Å². The van der Waals surface area contributed by atoms with Crippen LogP contribution in [0.4, 0.5) is 0 Å². The quantitative estimate of drug-likeness (QED) is 0.0379. The van der Waals surface area contributed by atoms with Gasteiger partial charge >= 0.3 is 5.97 Å². The van der Waals surface area contributed by atoms with Crippen LogP contribution < -0.4 is 0 Å². The Bertz CT molecular complexity index is 1400. The average molecular weight is 610 g/mol. The first kappa shape index (κ1) is 32.3. The molecule has 3 heterocycles. The number of azide groups is 1. The van der Waals surface area contributed by atoms with Gasteiger partial charge in [-0.3, -0.25) is 4.79 Å². The lowest BCUT2D eigenvalue weighted by Gasteiger charge is -2.55. The number of carbonyl (C=O) groups is 1. The molecule has 6 rings (SSSR count). The minimum absolute atomic E-state index is 0.113. The number of nitrogens with zero attached hydrogens (tertiary/aromatic N) is 5. The molecule has 0 aliphatic carbocycles. The molecule has 0 spiro atoms. The normalized spacial score (nSPS) is 22.9. The van der Waals surface area contributed by atoms with Crippen molar-refractivity contribution in [3.05, 3.63) is 106 Å². The molecule has 0 saturated carbocycles. The van der Waals surface area contributed by atoms with Gasteiger partial charge in [0.2, 0.25) is 0 Å². The van der Waals surface area contributed by atoms with Crippen LogP contribution >= 0.6 is 8.03 Å². The van der Waals surface area contributed by atoms with Crippen LogP contribution in [-0.2, 0) is 28.7 Å². The number of fused-ring (bicyclic) bond motifs is 3. The lowest BCUT2D eigenvalue weighted by Crippen LogP contribution is -2.74. The van der Waals surface area contributed by atoms with Crippen molar-refractivity contribution in [3.8, 4) is 11.1 Å². The Hall–Kier alpha value is -3.15. The summed E-state index contributed by atoms with van der Waals surface area (Å²) in [7, 11) is 4.62. The molecule has 3 aliphatic heterocycles. The van der Waals surface area contributed by atoms with E-state index in [4.69, 9.17) is 17.6 Å². The predicted molar refractivity (Wildman–Crippen MR) is 180 cm³/mol. The third-order valence-corrected chi connectivity index (χ3v) is 10.4. The summed E-state index contributed by atoms with van der Waals surface area (Å²) < 4.78 is 7.92. The highest BCUT2D eigenvalue weighted by Gasteiger charge is 2.48. The molecular formula is C35H45BN5O2P+2. The van der Waals surface area contributed by atoms with Gasteiger partial charge < -0.3 is 13.5 Å². The van der Waals surface area contributed by atoms with Gasteiger partial charge in [-0.25, -0.2) is 0 Å². The zero-order valence-electron chi connectivity index (χ0n) is 26.2. The highest BCUT2D eigenvalue weighted by atomic mass is 31.1. The fourth-order valence-electron chi connectivity index (χ4n) is 7.17. The summed E-state index contributed by atoms with van der Waals surface area (Å²) in [5.74, 6) is -0.334. The van der Waals surface area contributed by atoms with Crippen molar-refractivity contribution in [1.29, 1.82) is 0 Å². The summed E-state index contributed by atoms with van der Waals surface area (Å²) >= 11 is 0. The van der Waals surface area contributed by atoms with Crippen LogP contribution in [-0.4, -0.2) is 81.5 Å². The molecule has 0 amide bonds. The molecule has 3 saturated heterocycles. The molecule has 3 aromatic rings. The molecule has 44 heavy (non-hydrogen) atoms. The van der Waals surface area contributed by atoms with Crippen LogP contribution in [0.5, 0.6) is 0 Å². The molecule has 3 aromatic carbocycles. The van der Waals surface area contributed by atoms with Crippen LogP contribution in [0, 0.1) is 11.8 Å². The van der Waals surface area contributed by atoms with Gasteiger partial charge in [-0.15, -0.1) is 0 Å². The standard InChI is InChI=1S/C35H45BN5O2P/c1-28(34(35(42)43-44(2)36)26-29-7-4-3-5-8-29)25-30-9-13-32(14-10-30)33-15-11-31(12-16-33)27-41-22-19-40(20-23-41,21-24-41)18-6-17-38-39-37/h3-5,7-16,28,34H,6,17-27H2,1-2H3/q+2/t28-,34-,40?,41?,44?/m0/s1. The predicted octanol–water partition coefficient (Wildman–Crippen LogP) is 6.91. The minimum atomic E-state index is -1.24. The van der Waals surface area contributed by atoms with Gasteiger partial charge in [0, 0.05) is 31.5 Å². The first-order valence-electron chi connectivity index (χ1n) is 15.9. The maximum atomic E-state index is 13.0. The Balaban J connectivity index is 1.17. The molecule has 3 fully saturated rings. The molecular weight excluding hydrogens is 564 g/mol. The molecule has 2 bridgehead atoms. The maximum Gasteiger partial charge on any atom is 0.311 e. The number of piperazine rings is 3. The van der Waals surface area contributed by atoms with Gasteiger partial charge in [-0.1, -0.05) is 90.9 Å². The SMILES string of the molecule is [B]P(C)OC(=O)[C@@H](Cc1ccccc1)[C@@H](C)Cc1ccc(-c2ccc(C[N+]34CC[N+](CCCN=[N+]=[N-])(CC3)CC4)cc2)cc1. The maximum absolute atomic E-state index is 13.0. The second kappa shape index (κ2) is 14.8. The van der Waals surface area contributed by atoms with Crippen molar-refractivity contribution in [2.75, 3.05) is 59.0 Å². The highest BCUT2D eigenvalue weighted by Crippen LogP contribution is 2.32. The molecule has 1 unspecified atom stereocenters. The van der Waals surface area contributed by atoms with E-state index in [1.54, 1.807) is 6.66 Å². The molecule has 228 valence electrons. The van der Waals surface area contributed by atoms with Crippen molar-refractivity contribution in [1.82, 2.24) is 0 Å². The lowest BCUT2D eigenvalue weighted by atomic mass is 9.84. The number of benzene rings is 3. The van der Waals surface area contributed by atoms with E-state index in [2.05, 4.69) is 77.6 Å². The molecule has 3 atom stereocenters. The van der Waals surface area contributed by atoms with Crippen molar-refractivity contribution >= 4 is 21.6 Å². The van der Waals surface area contributed by atoms with E-state index in [-0.39, 0.29) is 17.8 Å². The third-order valence-electron chi connectivity index (χ3n) is 9.94. The lowest BCUT2D eigenvalue weighted by molar-refractivity contribution is -1.09. The van der Waals surface area contributed by atoms with Gasteiger partial charge in [0.05, 0.1) is 12.5 Å². The van der Waals surface area contributed by atoms with Crippen molar-refractivity contribution in [2.45, 2.75) is 32.7 Å². The second-order valence-corrected chi connectivity index (χ2v) is 14.3. The van der Waals surface area contributed by atoms with E-state index in [0.29, 0.717) is 13.0 Å². The molecule has 3 aliphatic rings. The average Bonchev–Trinajstić information content (AvgIpc) is 3.04. The third kappa shape index (κ3) is 8.31. The van der Waals surface area contributed by atoms with E-state index in [0.717, 1.165) is 31.5 Å². The van der Waals surface area contributed by atoms with Gasteiger partial charge in [-0.2, -0.15) is 0 Å². The Morgan fingerprint density at radius 1 is 0.864 bits per heavy atom. The van der Waals surface area contributed by atoms with Crippen molar-refractivity contribution in [2.24, 2.45) is 17.0 Å². The molecule has 9 heteroatoms. The zero-order chi connectivity index (χ0) is 31.0. The van der Waals surface area contributed by atoms with Crippen LogP contribution in [0.25, 0.3) is 21.6 Å². The second-order valence-electron chi connectivity index (χ2n) is 13.0. The summed E-state index contributed by atoms with van der Waals surface area (Å²) in [6.45, 7) is 14.2. The minimum Gasteiger partial charge on any atom is -0.457 e. The Morgan fingerprint density at radius 2 is 1.41 bits per heavy atom. The molecule has 2 radical (unpaired) electrons. The summed E-state index contributed by atoms with van der Waals surface area (Å²) in [5, 5.41) is 3.73. The van der Waals surface area contributed by atoms with E-state index < -0.39 is 8.03 Å². The number of carbonyl (C=O) groups excluding carboxylic acids is 1. The van der Waals surface area contributed by atoms with E-state index >= 15 is 0 Å². The number of hydrogen-bond acceptors (Lipinski definition) is 3. The molecule has 0 N–H and O–H groups in total. The number of rotatable bonds is 14. The summed E-state index contributed by atoms with van der Waals surface area (Å²) in [5.41, 5.74) is 14.7. The number of hydrogen-bond donors (Lipinski definition) is 0. The van der Waals surface area contributed by atoms with E-state index in [1.165, 1.54) is 70.5 Å². The monoisotopic (exact) mass is 609 g/mol. The first-order valence-corrected chi connectivity index (χ1v) is 17.7. The first-order chi connectivity index (χ1) is 21.3. The number of quaternary nitrogens is 2. The molecule has 7 nitrogen and oxygen atoms in total. The Kier molecular flexibility index (Phi) is 10.8. The smallest absolute Gasteiger partial charge is 0.311 e. The van der Waals surface area contributed by atoms with E-state index in [1.807, 2.05) is 18.2 Å². The van der Waals surface area contributed by atoms with Gasteiger partial charge in [0.25, 0.3) is 0 Å². The Morgan fingerprint density at radius 3 is 1.98 bits per heavy atom. The van der Waals surface area contributed by atoms with Crippen LogP contribution in [0.3, 0.4) is 0 Å². The van der Waals surface area contributed by atoms with Gasteiger partial charge in [0.15, 0.2) is 7.57 Å². The summed E-state index contributed by atoms with van der Waals surface area (Å²) in [6, 6.07) is 28.1. The van der Waals surface area contributed by atoms with Gasteiger partial charge in [-0.05, 0) is 53.2 Å². The van der Waals surface area contributed by atoms with E-state index in [9.17, 15) is 4.79 Å².